The van der Waals surface area contributed by atoms with Gasteiger partial charge in [-0.3, -0.25) is 9.59 Å². The second-order valence-corrected chi connectivity index (χ2v) is 8.56. The lowest BCUT2D eigenvalue weighted by Gasteiger charge is -2.28. The van der Waals surface area contributed by atoms with Gasteiger partial charge in [0.2, 0.25) is 5.91 Å². The molecule has 5 heteroatoms. The molecule has 33 heavy (non-hydrogen) atoms. The third kappa shape index (κ3) is 5.30. The Bertz CT molecular complexity index is 1120. The van der Waals surface area contributed by atoms with Crippen molar-refractivity contribution in [1.29, 1.82) is 0 Å². The lowest BCUT2D eigenvalue weighted by Crippen LogP contribution is -2.39. The van der Waals surface area contributed by atoms with Crippen LogP contribution in [0.15, 0.2) is 78.9 Å². The van der Waals surface area contributed by atoms with Crippen LogP contribution >= 0.6 is 0 Å². The molecule has 0 saturated carbocycles. The molecule has 0 aromatic heterocycles. The van der Waals surface area contributed by atoms with Gasteiger partial charge in [0.1, 0.15) is 5.82 Å². The molecule has 4 rings (SSSR count). The average molecular weight is 445 g/mol. The van der Waals surface area contributed by atoms with E-state index in [2.05, 4.69) is 0 Å². The predicted molar refractivity (Wildman–Crippen MR) is 128 cm³/mol. The summed E-state index contributed by atoms with van der Waals surface area (Å²) in [5.41, 5.74) is 3.07. The van der Waals surface area contributed by atoms with Crippen LogP contribution in [0.2, 0.25) is 0 Å². The normalized spacial score (nSPS) is 16.2. The second kappa shape index (κ2) is 10.4. The summed E-state index contributed by atoms with van der Waals surface area (Å²) in [7, 11) is 1.79. The molecular weight excluding hydrogens is 415 g/mol. The SMILES string of the molecule is CN(C(=O)Cc1ccccc1F)C1CCCN(C(=O)c2ccccc2-c2ccccc2)CC1. The van der Waals surface area contributed by atoms with Crippen molar-refractivity contribution in [3.63, 3.8) is 0 Å². The van der Waals surface area contributed by atoms with Crippen molar-refractivity contribution in [3.05, 3.63) is 95.8 Å². The van der Waals surface area contributed by atoms with E-state index in [-0.39, 0.29) is 30.1 Å². The fourth-order valence-electron chi connectivity index (χ4n) is 4.51. The summed E-state index contributed by atoms with van der Waals surface area (Å²) in [5, 5.41) is 0. The smallest absolute Gasteiger partial charge is 0.254 e. The van der Waals surface area contributed by atoms with Crippen molar-refractivity contribution in [2.45, 2.75) is 31.7 Å². The largest absolute Gasteiger partial charge is 0.342 e. The summed E-state index contributed by atoms with van der Waals surface area (Å²) in [6.45, 7) is 1.25. The van der Waals surface area contributed by atoms with Crippen LogP contribution in [0.25, 0.3) is 11.1 Å². The zero-order valence-corrected chi connectivity index (χ0v) is 18.9. The van der Waals surface area contributed by atoms with Crippen LogP contribution in [0.4, 0.5) is 4.39 Å². The highest BCUT2D eigenvalue weighted by molar-refractivity contribution is 6.00. The Morgan fingerprint density at radius 2 is 1.61 bits per heavy atom. The van der Waals surface area contributed by atoms with E-state index in [0.29, 0.717) is 30.6 Å². The maximum Gasteiger partial charge on any atom is 0.254 e. The summed E-state index contributed by atoms with van der Waals surface area (Å²) in [4.78, 5) is 29.9. The number of hydrogen-bond donors (Lipinski definition) is 0. The van der Waals surface area contributed by atoms with E-state index in [9.17, 15) is 14.0 Å². The molecule has 2 amide bonds. The zero-order chi connectivity index (χ0) is 23.2. The molecule has 3 aromatic rings. The molecular formula is C28H29FN2O2. The molecule has 1 unspecified atom stereocenters. The van der Waals surface area contributed by atoms with Gasteiger partial charge in [-0.05, 0) is 48.1 Å². The molecule has 170 valence electrons. The number of nitrogens with zero attached hydrogens (tertiary/aromatic N) is 2. The third-order valence-electron chi connectivity index (χ3n) is 6.47. The van der Waals surface area contributed by atoms with Crippen molar-refractivity contribution >= 4 is 11.8 Å². The Balaban J connectivity index is 1.43. The highest BCUT2D eigenvalue weighted by atomic mass is 19.1. The van der Waals surface area contributed by atoms with Gasteiger partial charge < -0.3 is 9.80 Å². The summed E-state index contributed by atoms with van der Waals surface area (Å²) in [6.07, 6.45) is 2.40. The topological polar surface area (TPSA) is 40.6 Å². The first kappa shape index (κ1) is 22.7. The molecule has 0 spiro atoms. The molecule has 0 bridgehead atoms. The van der Waals surface area contributed by atoms with Gasteiger partial charge in [-0.15, -0.1) is 0 Å². The van der Waals surface area contributed by atoms with Crippen molar-refractivity contribution in [1.82, 2.24) is 9.80 Å². The van der Waals surface area contributed by atoms with E-state index in [1.54, 1.807) is 30.1 Å². The molecule has 1 heterocycles. The van der Waals surface area contributed by atoms with Crippen molar-refractivity contribution in [2.75, 3.05) is 20.1 Å². The first-order chi connectivity index (χ1) is 16.0. The fourth-order valence-corrected chi connectivity index (χ4v) is 4.51. The van der Waals surface area contributed by atoms with Crippen molar-refractivity contribution in [3.8, 4) is 11.1 Å². The van der Waals surface area contributed by atoms with Crippen LogP contribution in [-0.4, -0.2) is 47.8 Å². The molecule has 1 atom stereocenters. The van der Waals surface area contributed by atoms with Crippen LogP contribution in [0.5, 0.6) is 0 Å². The maximum atomic E-state index is 14.0. The lowest BCUT2D eigenvalue weighted by molar-refractivity contribution is -0.131. The maximum absolute atomic E-state index is 14.0. The number of carbonyl (C=O) groups is 2. The molecule has 0 aliphatic carbocycles. The number of hydrogen-bond acceptors (Lipinski definition) is 2. The highest BCUT2D eigenvalue weighted by Crippen LogP contribution is 2.26. The number of likely N-dealkylation sites (N-methyl/N-ethyl adjacent to an activating group) is 1. The molecule has 1 saturated heterocycles. The number of rotatable bonds is 5. The highest BCUT2D eigenvalue weighted by Gasteiger charge is 2.27. The van der Waals surface area contributed by atoms with E-state index in [0.717, 1.165) is 24.0 Å². The molecule has 4 nitrogen and oxygen atoms in total. The van der Waals surface area contributed by atoms with E-state index >= 15 is 0 Å². The van der Waals surface area contributed by atoms with E-state index in [1.807, 2.05) is 59.5 Å². The Labute approximate surface area is 194 Å². The Morgan fingerprint density at radius 3 is 2.39 bits per heavy atom. The van der Waals surface area contributed by atoms with Crippen LogP contribution in [0.1, 0.15) is 35.2 Å². The van der Waals surface area contributed by atoms with Crippen LogP contribution in [0.3, 0.4) is 0 Å². The molecule has 3 aromatic carbocycles. The fraction of sp³-hybridized carbons (Fsp3) is 0.286. The van der Waals surface area contributed by atoms with Gasteiger partial charge in [-0.2, -0.15) is 0 Å². The van der Waals surface area contributed by atoms with Crippen molar-refractivity contribution in [2.24, 2.45) is 0 Å². The van der Waals surface area contributed by atoms with E-state index < -0.39 is 0 Å². The minimum absolute atomic E-state index is 0.0236. The predicted octanol–water partition coefficient (Wildman–Crippen LogP) is 5.19. The molecule has 0 N–H and O–H groups in total. The second-order valence-electron chi connectivity index (χ2n) is 8.56. The van der Waals surface area contributed by atoms with E-state index in [4.69, 9.17) is 0 Å². The van der Waals surface area contributed by atoms with Crippen LogP contribution in [-0.2, 0) is 11.2 Å². The first-order valence-corrected chi connectivity index (χ1v) is 11.5. The van der Waals surface area contributed by atoms with Gasteiger partial charge in [-0.1, -0.05) is 66.7 Å². The Hall–Kier alpha value is -3.47. The number of amides is 2. The lowest BCUT2D eigenvalue weighted by atomic mass is 9.99. The minimum atomic E-state index is -0.353. The standard InChI is InChI=1S/C28H29FN2O2/c1-30(27(32)20-22-12-5-8-16-26(22)29)23-13-9-18-31(19-17-23)28(33)25-15-7-6-14-24(25)21-10-3-2-4-11-21/h2-8,10-12,14-16,23H,9,13,17-20H2,1H3. The van der Waals surface area contributed by atoms with Gasteiger partial charge in [0.15, 0.2) is 0 Å². The van der Waals surface area contributed by atoms with Crippen LogP contribution < -0.4 is 0 Å². The monoisotopic (exact) mass is 444 g/mol. The zero-order valence-electron chi connectivity index (χ0n) is 18.9. The molecule has 0 radical (unpaired) electrons. The van der Waals surface area contributed by atoms with Gasteiger partial charge in [0.25, 0.3) is 5.91 Å². The van der Waals surface area contributed by atoms with E-state index in [1.165, 1.54) is 6.07 Å². The summed E-state index contributed by atoms with van der Waals surface area (Å²) in [6, 6.07) is 24.1. The Kier molecular flexibility index (Phi) is 7.18. The molecule has 1 fully saturated rings. The van der Waals surface area contributed by atoms with Gasteiger partial charge in [0.05, 0.1) is 6.42 Å². The number of benzene rings is 3. The molecule has 1 aliphatic rings. The summed E-state index contributed by atoms with van der Waals surface area (Å²) in [5.74, 6) is -0.427. The van der Waals surface area contributed by atoms with Crippen molar-refractivity contribution < 1.29 is 14.0 Å². The number of likely N-dealkylation sites (tertiary alicyclic amines) is 1. The summed E-state index contributed by atoms with van der Waals surface area (Å²) >= 11 is 0. The number of halogens is 1. The average Bonchev–Trinajstić information content (AvgIpc) is 3.11. The van der Waals surface area contributed by atoms with Gasteiger partial charge in [-0.25, -0.2) is 4.39 Å². The quantitative estimate of drug-likeness (QED) is 0.544. The summed E-state index contributed by atoms with van der Waals surface area (Å²) < 4.78 is 14.0. The molecule has 1 aliphatic heterocycles. The van der Waals surface area contributed by atoms with Gasteiger partial charge in [0, 0.05) is 31.7 Å². The van der Waals surface area contributed by atoms with Crippen LogP contribution in [0, 0.1) is 5.82 Å². The Morgan fingerprint density at radius 1 is 0.909 bits per heavy atom. The first-order valence-electron chi connectivity index (χ1n) is 11.5. The minimum Gasteiger partial charge on any atom is -0.342 e. The number of carbonyl (C=O) groups excluding carboxylic acids is 2. The third-order valence-corrected chi connectivity index (χ3v) is 6.47. The van der Waals surface area contributed by atoms with Gasteiger partial charge >= 0.3 is 0 Å².